The minimum absolute atomic E-state index is 0.399. The quantitative estimate of drug-likeness (QED) is 0.412. The molecular weight excluding hydrogens is 467 g/mol. The summed E-state index contributed by atoms with van der Waals surface area (Å²) in [6, 6.07) is 11.5. The van der Waals surface area contributed by atoms with Crippen molar-refractivity contribution in [2.24, 2.45) is 11.8 Å². The second-order valence-corrected chi connectivity index (χ2v) is 10.1. The zero-order valence-electron chi connectivity index (χ0n) is 19.2. The molecular formula is C28H30Cl2N2O2. The van der Waals surface area contributed by atoms with E-state index in [1.54, 1.807) is 6.07 Å². The molecule has 4 nitrogen and oxygen atoms in total. The van der Waals surface area contributed by atoms with Crippen molar-refractivity contribution < 1.29 is 9.47 Å². The average molecular weight is 497 g/mol. The molecule has 1 saturated heterocycles. The molecule has 178 valence electrons. The van der Waals surface area contributed by atoms with Gasteiger partial charge in [0.2, 0.25) is 5.88 Å². The van der Waals surface area contributed by atoms with Gasteiger partial charge in [-0.25, -0.2) is 4.98 Å². The number of allylic oxidation sites excluding steroid dienone is 3. The van der Waals surface area contributed by atoms with Gasteiger partial charge in [-0.3, -0.25) is 4.90 Å². The van der Waals surface area contributed by atoms with Crippen molar-refractivity contribution in [3.8, 4) is 5.88 Å². The molecule has 0 bridgehead atoms. The summed E-state index contributed by atoms with van der Waals surface area (Å²) in [6.07, 6.45) is 15.2. The Morgan fingerprint density at radius 1 is 1.06 bits per heavy atom. The molecule has 2 aromatic rings. The van der Waals surface area contributed by atoms with Crippen molar-refractivity contribution in [2.45, 2.75) is 32.0 Å². The first kappa shape index (κ1) is 23.6. The van der Waals surface area contributed by atoms with E-state index in [2.05, 4.69) is 41.3 Å². The predicted octanol–water partition coefficient (Wildman–Crippen LogP) is 6.59. The second kappa shape index (κ2) is 11.1. The summed E-state index contributed by atoms with van der Waals surface area (Å²) in [5, 5.41) is 1.08. The molecule has 0 N–H and O–H groups in total. The summed E-state index contributed by atoms with van der Waals surface area (Å²) < 4.78 is 11.6. The summed E-state index contributed by atoms with van der Waals surface area (Å²) in [7, 11) is 0. The SMILES string of the molecule is Clc1ccc(COc2cccc(C3=CCN(CC4C=CC=C[C@@H]4CC4CCO4)CC3)n2)cc1Cl. The zero-order valence-corrected chi connectivity index (χ0v) is 20.7. The molecule has 34 heavy (non-hydrogen) atoms. The van der Waals surface area contributed by atoms with Gasteiger partial charge in [-0.15, -0.1) is 0 Å². The summed E-state index contributed by atoms with van der Waals surface area (Å²) in [6.45, 7) is 4.41. The molecule has 0 spiro atoms. The van der Waals surface area contributed by atoms with Crippen LogP contribution in [0, 0.1) is 11.8 Å². The molecule has 2 aliphatic heterocycles. The second-order valence-electron chi connectivity index (χ2n) is 9.25. The highest BCUT2D eigenvalue weighted by Crippen LogP contribution is 2.31. The monoisotopic (exact) mass is 496 g/mol. The Bertz CT molecular complexity index is 1090. The Balaban J connectivity index is 1.16. The van der Waals surface area contributed by atoms with Gasteiger partial charge < -0.3 is 9.47 Å². The van der Waals surface area contributed by atoms with Gasteiger partial charge in [0.05, 0.1) is 21.8 Å². The first-order valence-corrected chi connectivity index (χ1v) is 12.8. The van der Waals surface area contributed by atoms with E-state index in [-0.39, 0.29) is 0 Å². The van der Waals surface area contributed by atoms with Gasteiger partial charge >= 0.3 is 0 Å². The van der Waals surface area contributed by atoms with Crippen molar-refractivity contribution >= 4 is 28.8 Å². The number of pyridine rings is 1. The summed E-state index contributed by atoms with van der Waals surface area (Å²) in [5.74, 6) is 1.75. The molecule has 0 amide bonds. The smallest absolute Gasteiger partial charge is 0.214 e. The normalized spacial score (nSPS) is 24.5. The van der Waals surface area contributed by atoms with Crippen LogP contribution in [-0.2, 0) is 11.3 Å². The Kier molecular flexibility index (Phi) is 7.70. The largest absolute Gasteiger partial charge is 0.473 e. The third-order valence-electron chi connectivity index (χ3n) is 6.89. The molecule has 3 heterocycles. The highest BCUT2D eigenvalue weighted by molar-refractivity contribution is 6.42. The van der Waals surface area contributed by atoms with E-state index in [0.29, 0.717) is 40.5 Å². The third-order valence-corrected chi connectivity index (χ3v) is 7.63. The van der Waals surface area contributed by atoms with Crippen LogP contribution in [0.2, 0.25) is 10.0 Å². The van der Waals surface area contributed by atoms with Gasteiger partial charge in [0, 0.05) is 32.3 Å². The van der Waals surface area contributed by atoms with Crippen LogP contribution in [-0.4, -0.2) is 42.2 Å². The standard InChI is InChI=1S/C28H30Cl2N2O2/c29-25-9-8-20(16-26(25)30)19-34-28-7-3-6-27(31-28)21-10-13-32(14-11-21)18-23-5-2-1-4-22(23)17-24-12-15-33-24/h1-10,16,22-24H,11-15,17-19H2/t22-,23?,24?/m1/s1. The van der Waals surface area contributed by atoms with Crippen LogP contribution >= 0.6 is 23.2 Å². The van der Waals surface area contributed by atoms with E-state index in [9.17, 15) is 0 Å². The number of hydrogen-bond acceptors (Lipinski definition) is 4. The molecule has 0 saturated carbocycles. The highest BCUT2D eigenvalue weighted by Gasteiger charge is 2.28. The number of halogens is 2. The van der Waals surface area contributed by atoms with Gasteiger partial charge in [-0.1, -0.05) is 65.7 Å². The third kappa shape index (κ3) is 5.92. The number of ether oxygens (including phenoxy) is 2. The molecule has 1 aromatic carbocycles. The predicted molar refractivity (Wildman–Crippen MR) is 138 cm³/mol. The van der Waals surface area contributed by atoms with E-state index in [1.807, 2.05) is 24.3 Å². The molecule has 0 radical (unpaired) electrons. The highest BCUT2D eigenvalue weighted by atomic mass is 35.5. The fourth-order valence-corrected chi connectivity index (χ4v) is 5.11. The van der Waals surface area contributed by atoms with Crippen LogP contribution in [0.3, 0.4) is 0 Å². The fourth-order valence-electron chi connectivity index (χ4n) is 4.79. The van der Waals surface area contributed by atoms with E-state index >= 15 is 0 Å². The number of nitrogens with zero attached hydrogens (tertiary/aromatic N) is 2. The number of rotatable bonds is 8. The van der Waals surface area contributed by atoms with Crippen molar-refractivity contribution in [2.75, 3.05) is 26.2 Å². The average Bonchev–Trinajstić information content (AvgIpc) is 2.84. The lowest BCUT2D eigenvalue weighted by molar-refractivity contribution is -0.0627. The lowest BCUT2D eigenvalue weighted by Gasteiger charge is -2.36. The van der Waals surface area contributed by atoms with Gasteiger partial charge in [-0.2, -0.15) is 0 Å². The molecule has 5 rings (SSSR count). The Morgan fingerprint density at radius 3 is 2.65 bits per heavy atom. The lowest BCUT2D eigenvalue weighted by atomic mass is 9.82. The van der Waals surface area contributed by atoms with Gasteiger partial charge in [0.1, 0.15) is 6.61 Å². The lowest BCUT2D eigenvalue weighted by Crippen LogP contribution is -2.37. The van der Waals surface area contributed by atoms with E-state index in [4.69, 9.17) is 37.7 Å². The maximum atomic E-state index is 6.11. The Morgan fingerprint density at radius 2 is 1.91 bits per heavy atom. The minimum Gasteiger partial charge on any atom is -0.473 e. The fraction of sp³-hybridized carbons (Fsp3) is 0.393. The summed E-state index contributed by atoms with van der Waals surface area (Å²) >= 11 is 12.1. The first-order chi connectivity index (χ1) is 16.6. The molecule has 3 aliphatic rings. The Hall–Kier alpha value is -2.11. The van der Waals surface area contributed by atoms with Crippen molar-refractivity contribution in [1.29, 1.82) is 0 Å². The molecule has 3 atom stereocenters. The summed E-state index contributed by atoms with van der Waals surface area (Å²) in [4.78, 5) is 7.30. The van der Waals surface area contributed by atoms with Crippen molar-refractivity contribution in [3.63, 3.8) is 0 Å². The first-order valence-electron chi connectivity index (χ1n) is 12.1. The summed E-state index contributed by atoms with van der Waals surface area (Å²) in [5.41, 5.74) is 3.24. The van der Waals surface area contributed by atoms with Gasteiger partial charge in [0.15, 0.2) is 0 Å². The van der Waals surface area contributed by atoms with Crippen molar-refractivity contribution in [1.82, 2.24) is 9.88 Å². The molecule has 1 aromatic heterocycles. The van der Waals surface area contributed by atoms with Gasteiger partial charge in [0.25, 0.3) is 0 Å². The van der Waals surface area contributed by atoms with Crippen molar-refractivity contribution in [3.05, 3.63) is 88.1 Å². The van der Waals surface area contributed by atoms with Crippen LogP contribution in [0.25, 0.3) is 5.57 Å². The van der Waals surface area contributed by atoms with Crippen LogP contribution in [0.1, 0.15) is 30.5 Å². The van der Waals surface area contributed by atoms with Gasteiger partial charge in [-0.05, 0) is 60.4 Å². The van der Waals surface area contributed by atoms with Crippen LogP contribution in [0.4, 0.5) is 0 Å². The van der Waals surface area contributed by atoms with E-state index in [0.717, 1.165) is 50.3 Å². The molecule has 1 aliphatic carbocycles. The molecule has 6 heteroatoms. The van der Waals surface area contributed by atoms with Crippen LogP contribution in [0.5, 0.6) is 5.88 Å². The number of hydrogen-bond donors (Lipinski definition) is 0. The molecule has 1 fully saturated rings. The number of aromatic nitrogens is 1. The zero-order chi connectivity index (χ0) is 23.3. The van der Waals surface area contributed by atoms with E-state index < -0.39 is 0 Å². The maximum absolute atomic E-state index is 6.11. The minimum atomic E-state index is 0.399. The number of benzene rings is 1. The van der Waals surface area contributed by atoms with E-state index in [1.165, 1.54) is 12.0 Å². The topological polar surface area (TPSA) is 34.6 Å². The van der Waals surface area contributed by atoms with Crippen LogP contribution in [0.15, 0.2) is 66.8 Å². The van der Waals surface area contributed by atoms with Crippen LogP contribution < -0.4 is 4.74 Å². The molecule has 2 unspecified atom stereocenters. The Labute approximate surface area is 211 Å². The maximum Gasteiger partial charge on any atom is 0.214 e.